The van der Waals surface area contributed by atoms with E-state index in [0.29, 0.717) is 0 Å². The van der Waals surface area contributed by atoms with Gasteiger partial charge in [-0.1, -0.05) is 12.2 Å². The lowest BCUT2D eigenvalue weighted by Crippen LogP contribution is -2.45. The highest BCUT2D eigenvalue weighted by Crippen LogP contribution is 2.30. The Morgan fingerprint density at radius 3 is 2.33 bits per heavy atom. The van der Waals surface area contributed by atoms with Crippen molar-refractivity contribution in [3.05, 3.63) is 12.2 Å². The van der Waals surface area contributed by atoms with Crippen LogP contribution in [0.4, 0.5) is 0 Å². The molecule has 0 aromatic carbocycles. The number of aliphatic hydroxyl groups excluding tert-OH is 3. The molecule has 2 aliphatic heterocycles. The first-order valence-electron chi connectivity index (χ1n) is 4.07. The van der Waals surface area contributed by atoms with Gasteiger partial charge in [0, 0.05) is 0 Å². The van der Waals surface area contributed by atoms with Gasteiger partial charge in [-0.3, -0.25) is 4.90 Å². The van der Waals surface area contributed by atoms with E-state index in [1.54, 1.807) is 24.1 Å². The molecule has 0 unspecified atom stereocenters. The van der Waals surface area contributed by atoms with Crippen LogP contribution in [0.2, 0.25) is 0 Å². The first-order valence-corrected chi connectivity index (χ1v) is 4.07. The Morgan fingerprint density at radius 1 is 1.08 bits per heavy atom. The van der Waals surface area contributed by atoms with E-state index in [9.17, 15) is 15.3 Å². The van der Waals surface area contributed by atoms with Crippen LogP contribution in [-0.4, -0.2) is 57.7 Å². The summed E-state index contributed by atoms with van der Waals surface area (Å²) < 4.78 is 0. The summed E-state index contributed by atoms with van der Waals surface area (Å²) in [5.74, 6) is 0. The molecule has 0 amide bonds. The van der Waals surface area contributed by atoms with Gasteiger partial charge in [0.15, 0.2) is 0 Å². The zero-order chi connectivity index (χ0) is 8.88. The van der Waals surface area contributed by atoms with Crippen molar-refractivity contribution in [3.8, 4) is 0 Å². The number of hydrogen-bond acceptors (Lipinski definition) is 4. The highest BCUT2D eigenvalue weighted by atomic mass is 16.3. The van der Waals surface area contributed by atoms with E-state index in [2.05, 4.69) is 0 Å². The minimum atomic E-state index is -0.843. The summed E-state index contributed by atoms with van der Waals surface area (Å²) in [5, 5.41) is 28.5. The SMILES string of the molecule is CN1[C@@H]2[C@H](O)[C@@H](O)[C@H]1C=C[C@H]2O. The predicted molar refractivity (Wildman–Crippen MR) is 42.5 cm³/mol. The Labute approximate surface area is 70.7 Å². The topological polar surface area (TPSA) is 63.9 Å². The fourth-order valence-corrected chi connectivity index (χ4v) is 2.12. The number of hydrogen-bond donors (Lipinski definition) is 3. The second-order valence-corrected chi connectivity index (χ2v) is 3.50. The molecule has 0 aromatic rings. The van der Waals surface area contributed by atoms with Crippen molar-refractivity contribution < 1.29 is 15.3 Å². The minimum absolute atomic E-state index is 0.145. The summed E-state index contributed by atoms with van der Waals surface area (Å²) in [7, 11) is 1.79. The largest absolute Gasteiger partial charge is 0.389 e. The van der Waals surface area contributed by atoms with E-state index in [1.165, 1.54) is 0 Å². The smallest absolute Gasteiger partial charge is 0.101 e. The number of rotatable bonds is 0. The summed E-state index contributed by atoms with van der Waals surface area (Å²) in [6.07, 6.45) is 1.09. The van der Waals surface area contributed by atoms with Gasteiger partial charge in [-0.2, -0.15) is 0 Å². The van der Waals surface area contributed by atoms with Crippen molar-refractivity contribution in [2.75, 3.05) is 7.05 Å². The van der Waals surface area contributed by atoms with Gasteiger partial charge in [0.2, 0.25) is 0 Å². The van der Waals surface area contributed by atoms with Crippen molar-refractivity contribution >= 4 is 0 Å². The molecule has 4 heteroatoms. The summed E-state index contributed by atoms with van der Waals surface area (Å²) in [6, 6.07) is -0.497. The summed E-state index contributed by atoms with van der Waals surface area (Å²) in [6.45, 7) is 0. The zero-order valence-corrected chi connectivity index (χ0v) is 6.83. The maximum atomic E-state index is 9.52. The Kier molecular flexibility index (Phi) is 1.73. The molecular formula is C8H13NO3. The molecule has 12 heavy (non-hydrogen) atoms. The Hall–Kier alpha value is -0.420. The molecule has 1 saturated heterocycles. The van der Waals surface area contributed by atoms with Crippen molar-refractivity contribution in [1.29, 1.82) is 0 Å². The van der Waals surface area contributed by atoms with Crippen LogP contribution in [0.15, 0.2) is 12.2 Å². The predicted octanol–water partition coefficient (Wildman–Crippen LogP) is -1.68. The fourth-order valence-electron chi connectivity index (χ4n) is 2.12. The van der Waals surface area contributed by atoms with E-state index < -0.39 is 18.3 Å². The monoisotopic (exact) mass is 171 g/mol. The Bertz CT molecular complexity index is 218. The average molecular weight is 171 g/mol. The standard InChI is InChI=1S/C8H13NO3/c1-9-4-2-3-5(10)6(9)8(12)7(4)11/h2-8,10-12H,1H3/t4-,5-,6+,7+,8+/m1/s1. The van der Waals surface area contributed by atoms with Crippen molar-refractivity contribution in [1.82, 2.24) is 4.90 Å². The molecule has 0 aromatic heterocycles. The third-order valence-electron chi connectivity index (χ3n) is 2.85. The molecule has 68 valence electrons. The van der Waals surface area contributed by atoms with Crippen LogP contribution in [0.3, 0.4) is 0 Å². The molecule has 2 aliphatic rings. The third kappa shape index (κ3) is 0.863. The molecule has 2 bridgehead atoms. The van der Waals surface area contributed by atoms with Crippen LogP contribution in [-0.2, 0) is 0 Å². The van der Waals surface area contributed by atoms with Crippen molar-refractivity contribution in [2.24, 2.45) is 0 Å². The lowest BCUT2D eigenvalue weighted by Gasteiger charge is -2.30. The fraction of sp³-hybridized carbons (Fsp3) is 0.750. The Morgan fingerprint density at radius 2 is 1.75 bits per heavy atom. The van der Waals surface area contributed by atoms with E-state index in [0.717, 1.165) is 0 Å². The molecule has 3 N–H and O–H groups in total. The van der Waals surface area contributed by atoms with Gasteiger partial charge in [-0.05, 0) is 7.05 Å². The molecule has 2 rings (SSSR count). The lowest BCUT2D eigenvalue weighted by atomic mass is 10.1. The summed E-state index contributed by atoms with van der Waals surface area (Å²) in [4.78, 5) is 1.81. The number of likely N-dealkylation sites (N-methyl/N-ethyl adjacent to an activating group) is 1. The van der Waals surface area contributed by atoms with E-state index >= 15 is 0 Å². The molecule has 4 nitrogen and oxygen atoms in total. The van der Waals surface area contributed by atoms with Crippen LogP contribution < -0.4 is 0 Å². The molecule has 1 fully saturated rings. The number of fused-ring (bicyclic) bond motifs is 2. The van der Waals surface area contributed by atoms with Gasteiger partial charge in [-0.25, -0.2) is 0 Å². The van der Waals surface area contributed by atoms with E-state index in [4.69, 9.17) is 0 Å². The van der Waals surface area contributed by atoms with Gasteiger partial charge in [0.05, 0.1) is 18.2 Å². The number of aliphatic hydroxyl groups is 3. The van der Waals surface area contributed by atoms with Crippen molar-refractivity contribution in [3.63, 3.8) is 0 Å². The normalized spacial score (nSPS) is 53.2. The molecule has 0 aliphatic carbocycles. The Balaban J connectivity index is 2.33. The molecule has 0 radical (unpaired) electrons. The molecule has 0 saturated carbocycles. The van der Waals surface area contributed by atoms with Crippen LogP contribution >= 0.6 is 0 Å². The molecule has 2 heterocycles. The number of nitrogens with zero attached hydrogens (tertiary/aromatic N) is 1. The summed E-state index contributed by atoms with van der Waals surface area (Å²) >= 11 is 0. The van der Waals surface area contributed by atoms with Gasteiger partial charge >= 0.3 is 0 Å². The first-order chi connectivity index (χ1) is 5.63. The second kappa shape index (κ2) is 2.53. The van der Waals surface area contributed by atoms with Gasteiger partial charge in [0.1, 0.15) is 12.2 Å². The van der Waals surface area contributed by atoms with E-state index in [-0.39, 0.29) is 12.1 Å². The van der Waals surface area contributed by atoms with Gasteiger partial charge in [0.25, 0.3) is 0 Å². The average Bonchev–Trinajstić information content (AvgIpc) is 2.14. The van der Waals surface area contributed by atoms with E-state index in [1.807, 2.05) is 0 Å². The van der Waals surface area contributed by atoms with Crippen LogP contribution in [0, 0.1) is 0 Å². The summed E-state index contributed by atoms with van der Waals surface area (Å²) in [5.41, 5.74) is 0. The van der Waals surface area contributed by atoms with Crippen LogP contribution in [0.5, 0.6) is 0 Å². The maximum Gasteiger partial charge on any atom is 0.101 e. The molecule has 0 spiro atoms. The maximum absolute atomic E-state index is 9.52. The van der Waals surface area contributed by atoms with Gasteiger partial charge in [-0.15, -0.1) is 0 Å². The molecular weight excluding hydrogens is 158 g/mol. The van der Waals surface area contributed by atoms with Crippen LogP contribution in [0.1, 0.15) is 0 Å². The second-order valence-electron chi connectivity index (χ2n) is 3.50. The zero-order valence-electron chi connectivity index (χ0n) is 6.83. The minimum Gasteiger partial charge on any atom is -0.389 e. The highest BCUT2D eigenvalue weighted by molar-refractivity contribution is 5.19. The van der Waals surface area contributed by atoms with Crippen LogP contribution in [0.25, 0.3) is 0 Å². The van der Waals surface area contributed by atoms with Crippen molar-refractivity contribution in [2.45, 2.75) is 30.4 Å². The lowest BCUT2D eigenvalue weighted by molar-refractivity contribution is 0.00798. The molecule has 5 atom stereocenters. The third-order valence-corrected chi connectivity index (χ3v) is 2.85. The van der Waals surface area contributed by atoms with Gasteiger partial charge < -0.3 is 15.3 Å². The quantitative estimate of drug-likeness (QED) is 0.381. The highest BCUT2D eigenvalue weighted by Gasteiger charge is 2.49. The first kappa shape index (κ1) is 8.19.